The molecular formula is C28H29N3O4. The summed E-state index contributed by atoms with van der Waals surface area (Å²) in [4.78, 5) is 17.5. The van der Waals surface area contributed by atoms with Crippen molar-refractivity contribution < 1.29 is 18.7 Å². The molecule has 2 atom stereocenters. The summed E-state index contributed by atoms with van der Waals surface area (Å²) >= 11 is 0. The lowest BCUT2D eigenvalue weighted by Gasteiger charge is -2.29. The van der Waals surface area contributed by atoms with Crippen LogP contribution in [0.2, 0.25) is 0 Å². The maximum atomic E-state index is 13.0. The van der Waals surface area contributed by atoms with Gasteiger partial charge in [-0.25, -0.2) is 0 Å². The van der Waals surface area contributed by atoms with E-state index in [-0.39, 0.29) is 18.0 Å². The Bertz CT molecular complexity index is 1360. The van der Waals surface area contributed by atoms with E-state index in [1.54, 1.807) is 20.4 Å². The maximum Gasteiger partial charge on any atom is 0.251 e. The zero-order valence-corrected chi connectivity index (χ0v) is 19.9. The highest BCUT2D eigenvalue weighted by atomic mass is 16.5. The van der Waals surface area contributed by atoms with E-state index in [0.29, 0.717) is 33.9 Å². The van der Waals surface area contributed by atoms with Crippen LogP contribution in [-0.2, 0) is 0 Å². The molecule has 2 aromatic carbocycles. The molecule has 3 N–H and O–H groups in total. The molecule has 7 nitrogen and oxygen atoms in total. The fraction of sp³-hybridized carbons (Fsp3) is 0.286. The molecule has 35 heavy (non-hydrogen) atoms. The van der Waals surface area contributed by atoms with Gasteiger partial charge >= 0.3 is 0 Å². The lowest BCUT2D eigenvalue weighted by molar-refractivity contribution is 0.0921. The van der Waals surface area contributed by atoms with E-state index in [0.717, 1.165) is 42.4 Å². The van der Waals surface area contributed by atoms with Gasteiger partial charge in [0.2, 0.25) is 0 Å². The molecule has 1 aliphatic carbocycles. The lowest BCUT2D eigenvalue weighted by atomic mass is 9.91. The quantitative estimate of drug-likeness (QED) is 0.402. The molecule has 2 heterocycles. The van der Waals surface area contributed by atoms with Gasteiger partial charge in [-0.05, 0) is 54.8 Å². The van der Waals surface area contributed by atoms with Crippen LogP contribution < -0.4 is 20.5 Å². The number of pyridine rings is 1. The van der Waals surface area contributed by atoms with Crippen molar-refractivity contribution in [1.29, 1.82) is 0 Å². The van der Waals surface area contributed by atoms with Gasteiger partial charge in [-0.3, -0.25) is 9.78 Å². The van der Waals surface area contributed by atoms with Gasteiger partial charge in [-0.1, -0.05) is 25.0 Å². The fourth-order valence-electron chi connectivity index (χ4n) is 4.72. The Morgan fingerprint density at radius 1 is 1.03 bits per heavy atom. The molecule has 0 unspecified atom stereocenters. The van der Waals surface area contributed by atoms with Crippen LogP contribution >= 0.6 is 0 Å². The second kappa shape index (κ2) is 9.80. The lowest BCUT2D eigenvalue weighted by Crippen LogP contribution is -2.49. The van der Waals surface area contributed by atoms with Crippen molar-refractivity contribution in [3.63, 3.8) is 0 Å². The number of hydrogen-bond acceptors (Lipinski definition) is 6. The second-order valence-corrected chi connectivity index (χ2v) is 8.86. The number of benzene rings is 2. The highest BCUT2D eigenvalue weighted by Crippen LogP contribution is 2.38. The molecule has 4 aromatic rings. The zero-order valence-electron chi connectivity index (χ0n) is 19.9. The fourth-order valence-corrected chi connectivity index (χ4v) is 4.72. The third kappa shape index (κ3) is 4.59. The topological polar surface area (TPSA) is 99.6 Å². The number of aromatic nitrogens is 1. The Morgan fingerprint density at radius 3 is 2.69 bits per heavy atom. The highest BCUT2D eigenvalue weighted by Gasteiger charge is 2.24. The first-order valence-corrected chi connectivity index (χ1v) is 11.8. The minimum Gasteiger partial charge on any atom is -0.497 e. The number of carbonyl (C=O) groups excluding carboxylic acids is 1. The Labute approximate surface area is 204 Å². The summed E-state index contributed by atoms with van der Waals surface area (Å²) < 4.78 is 17.2. The monoisotopic (exact) mass is 471 g/mol. The van der Waals surface area contributed by atoms with Crippen molar-refractivity contribution in [3.05, 3.63) is 66.4 Å². The number of nitrogens with two attached hydrogens (primary N) is 1. The Hall–Kier alpha value is -3.84. The minimum absolute atomic E-state index is 0.00541. The van der Waals surface area contributed by atoms with Crippen molar-refractivity contribution in [2.45, 2.75) is 37.8 Å². The van der Waals surface area contributed by atoms with E-state index in [2.05, 4.69) is 10.3 Å². The number of carbonyl (C=O) groups is 1. The SMILES string of the molecule is COc1ccc(OC)c(-c2cc3nccc(-c4cccc(C(=O)N[C@@H]5CCCC[C@@H]5N)c4)c3o2)c1. The van der Waals surface area contributed by atoms with Crippen LogP contribution in [0.15, 0.2) is 65.2 Å². The molecule has 180 valence electrons. The number of nitrogens with zero attached hydrogens (tertiary/aromatic N) is 1. The number of rotatable bonds is 6. The van der Waals surface area contributed by atoms with Gasteiger partial charge in [0.05, 0.1) is 19.8 Å². The average Bonchev–Trinajstić information content (AvgIpc) is 3.34. The first-order valence-electron chi connectivity index (χ1n) is 11.8. The van der Waals surface area contributed by atoms with Crippen molar-refractivity contribution in [2.75, 3.05) is 14.2 Å². The number of nitrogens with one attached hydrogen (secondary N) is 1. The van der Waals surface area contributed by atoms with Crippen LogP contribution in [-0.4, -0.2) is 37.2 Å². The van der Waals surface area contributed by atoms with E-state index in [1.165, 1.54) is 0 Å². The van der Waals surface area contributed by atoms with Gasteiger partial charge < -0.3 is 24.9 Å². The molecule has 1 amide bonds. The van der Waals surface area contributed by atoms with Gasteiger partial charge in [-0.15, -0.1) is 0 Å². The Balaban J connectivity index is 1.49. The summed E-state index contributed by atoms with van der Waals surface area (Å²) in [5.74, 6) is 1.88. The van der Waals surface area contributed by atoms with Crippen LogP contribution in [0.4, 0.5) is 0 Å². The Kier molecular flexibility index (Phi) is 6.42. The predicted octanol–water partition coefficient (Wildman–Crippen LogP) is 5.18. The normalized spacial score (nSPS) is 17.8. The molecule has 0 spiro atoms. The number of hydrogen-bond donors (Lipinski definition) is 2. The average molecular weight is 472 g/mol. The van der Waals surface area contributed by atoms with Gasteiger partial charge in [0.1, 0.15) is 22.8 Å². The first kappa shape index (κ1) is 22.9. The number of fused-ring (bicyclic) bond motifs is 1. The molecule has 0 bridgehead atoms. The number of amides is 1. The molecule has 0 aliphatic heterocycles. The standard InChI is InChI=1S/C28H29N3O4/c1-33-19-10-11-25(34-2)21(15-19)26-16-24-27(35-26)20(12-13-30-24)17-6-5-7-18(14-17)28(32)31-23-9-4-3-8-22(23)29/h5-7,10-16,22-23H,3-4,8-9,29H2,1-2H3,(H,31,32)/t22-,23+/m0/s1. The van der Waals surface area contributed by atoms with Gasteiger partial charge in [0.15, 0.2) is 5.58 Å². The van der Waals surface area contributed by atoms with E-state index in [4.69, 9.17) is 19.6 Å². The number of methoxy groups -OCH3 is 2. The van der Waals surface area contributed by atoms with E-state index >= 15 is 0 Å². The van der Waals surface area contributed by atoms with Crippen molar-refractivity contribution in [2.24, 2.45) is 5.73 Å². The molecule has 7 heteroatoms. The molecule has 1 saturated carbocycles. The Morgan fingerprint density at radius 2 is 1.89 bits per heavy atom. The van der Waals surface area contributed by atoms with Crippen LogP contribution in [0.5, 0.6) is 11.5 Å². The van der Waals surface area contributed by atoms with Crippen LogP contribution in [0, 0.1) is 0 Å². The van der Waals surface area contributed by atoms with Gasteiger partial charge in [-0.2, -0.15) is 0 Å². The third-order valence-corrected chi connectivity index (χ3v) is 6.66. The van der Waals surface area contributed by atoms with E-state index in [1.807, 2.05) is 54.6 Å². The number of ether oxygens (including phenoxy) is 2. The summed E-state index contributed by atoms with van der Waals surface area (Å²) in [5.41, 5.74) is 10.7. The van der Waals surface area contributed by atoms with Crippen molar-refractivity contribution >= 4 is 17.0 Å². The third-order valence-electron chi connectivity index (χ3n) is 6.66. The van der Waals surface area contributed by atoms with Crippen LogP contribution in [0.1, 0.15) is 36.0 Å². The van der Waals surface area contributed by atoms with Crippen LogP contribution in [0.25, 0.3) is 33.6 Å². The molecular weight excluding hydrogens is 442 g/mol. The van der Waals surface area contributed by atoms with E-state index < -0.39 is 0 Å². The van der Waals surface area contributed by atoms with Crippen LogP contribution in [0.3, 0.4) is 0 Å². The van der Waals surface area contributed by atoms with Gasteiger partial charge in [0, 0.05) is 35.5 Å². The summed E-state index contributed by atoms with van der Waals surface area (Å²) in [6.45, 7) is 0. The zero-order chi connectivity index (χ0) is 24.4. The van der Waals surface area contributed by atoms with Crippen molar-refractivity contribution in [3.8, 4) is 33.9 Å². The predicted molar refractivity (Wildman–Crippen MR) is 136 cm³/mol. The molecule has 0 saturated heterocycles. The summed E-state index contributed by atoms with van der Waals surface area (Å²) in [6.07, 6.45) is 5.81. The summed E-state index contributed by atoms with van der Waals surface area (Å²) in [7, 11) is 3.24. The van der Waals surface area contributed by atoms with Gasteiger partial charge in [0.25, 0.3) is 5.91 Å². The maximum absolute atomic E-state index is 13.0. The molecule has 2 aromatic heterocycles. The summed E-state index contributed by atoms with van der Waals surface area (Å²) in [5, 5.41) is 3.12. The largest absolute Gasteiger partial charge is 0.497 e. The molecule has 5 rings (SSSR count). The smallest absolute Gasteiger partial charge is 0.251 e. The number of furan rings is 1. The van der Waals surface area contributed by atoms with E-state index in [9.17, 15) is 4.79 Å². The first-order chi connectivity index (χ1) is 17.1. The minimum atomic E-state index is -0.110. The molecule has 0 radical (unpaired) electrons. The van der Waals surface area contributed by atoms with Crippen molar-refractivity contribution in [1.82, 2.24) is 10.3 Å². The molecule has 1 aliphatic rings. The molecule has 1 fully saturated rings. The highest BCUT2D eigenvalue weighted by molar-refractivity contribution is 5.98. The summed E-state index contributed by atoms with van der Waals surface area (Å²) in [6, 6.07) is 16.9. The second-order valence-electron chi connectivity index (χ2n) is 8.86.